The molecule has 3 N–H and O–H groups in total. The van der Waals surface area contributed by atoms with Gasteiger partial charge >= 0.3 is 5.97 Å². The number of nitrogens with two attached hydrogens (primary N) is 1. The lowest BCUT2D eigenvalue weighted by molar-refractivity contribution is -0.157. The number of fused-ring (bicyclic) bond motifs is 3. The number of likely N-dealkylation sites (N-methyl/N-ethyl adjacent to an activating group) is 1. The van der Waals surface area contributed by atoms with E-state index in [2.05, 4.69) is 6.58 Å². The minimum absolute atomic E-state index is 0.0108. The average Bonchev–Trinajstić information content (AvgIpc) is 2.89. The van der Waals surface area contributed by atoms with E-state index in [0.29, 0.717) is 24.3 Å². The molecule has 0 saturated heterocycles. The van der Waals surface area contributed by atoms with Crippen molar-refractivity contribution in [2.75, 3.05) is 39.7 Å². The summed E-state index contributed by atoms with van der Waals surface area (Å²) in [4.78, 5) is 57.6. The summed E-state index contributed by atoms with van der Waals surface area (Å²) < 4.78 is 17.5. The van der Waals surface area contributed by atoms with E-state index in [1.54, 1.807) is 32.0 Å². The smallest absolute Gasteiger partial charge is 0.307 e. The molecule has 3 aliphatic carbocycles. The molecule has 4 rings (SSSR count). The van der Waals surface area contributed by atoms with Crippen molar-refractivity contribution in [1.29, 1.82) is 0 Å². The van der Waals surface area contributed by atoms with Crippen LogP contribution in [0.1, 0.15) is 56.0 Å². The molecule has 4 atom stereocenters. The fourth-order valence-electron chi connectivity index (χ4n) is 6.61. The van der Waals surface area contributed by atoms with E-state index >= 15 is 0 Å². The monoisotopic (exact) mass is 595 g/mol. The largest absolute Gasteiger partial charge is 0.493 e. The second-order valence-corrected chi connectivity index (χ2v) is 11.9. The van der Waals surface area contributed by atoms with Crippen LogP contribution in [0.2, 0.25) is 0 Å². The zero-order valence-corrected chi connectivity index (χ0v) is 25.9. The van der Waals surface area contributed by atoms with Gasteiger partial charge in [0.1, 0.15) is 17.1 Å². The topological polar surface area (TPSA) is 149 Å². The highest BCUT2D eigenvalue weighted by Gasteiger charge is 2.64. The first-order valence-corrected chi connectivity index (χ1v) is 14.4. The van der Waals surface area contributed by atoms with E-state index in [0.717, 1.165) is 31.0 Å². The number of aliphatic hydroxyl groups is 1. The van der Waals surface area contributed by atoms with Crippen LogP contribution in [0.3, 0.4) is 0 Å². The van der Waals surface area contributed by atoms with Crippen molar-refractivity contribution in [3.05, 3.63) is 58.3 Å². The zero-order chi connectivity index (χ0) is 32.0. The quantitative estimate of drug-likeness (QED) is 0.179. The zero-order valence-electron chi connectivity index (χ0n) is 25.9. The number of anilines is 1. The fourth-order valence-corrected chi connectivity index (χ4v) is 6.61. The van der Waals surface area contributed by atoms with Gasteiger partial charge in [0, 0.05) is 38.2 Å². The van der Waals surface area contributed by atoms with Gasteiger partial charge in [0.25, 0.3) is 5.91 Å². The number of ether oxygens (including phenoxy) is 3. The van der Waals surface area contributed by atoms with Crippen molar-refractivity contribution in [2.45, 2.75) is 58.1 Å². The Balaban J connectivity index is 2.04. The SMILES string of the molecule is C=C(C)OC1=C(C(N)=O)C(=O)[C@@]2(O)C(OC(C)=O)=C3C(=O)c4c(OCCCC)ccc(N(C)C)c4C[C@H]3C[C@H]2C1N(C)C. The van der Waals surface area contributed by atoms with Crippen LogP contribution in [-0.2, 0) is 30.3 Å². The number of carbonyl (C=O) groups excluding carboxylic acids is 4. The molecule has 232 valence electrons. The Bertz CT molecular complexity index is 1460. The molecule has 3 aliphatic rings. The molecule has 1 amide bonds. The first kappa shape index (κ1) is 32.0. The third-order valence-electron chi connectivity index (χ3n) is 8.29. The number of ketones is 2. The van der Waals surface area contributed by atoms with Crippen LogP contribution >= 0.6 is 0 Å². The van der Waals surface area contributed by atoms with Crippen molar-refractivity contribution >= 4 is 29.1 Å². The normalized spacial score (nSPS) is 24.7. The van der Waals surface area contributed by atoms with Crippen LogP contribution < -0.4 is 15.4 Å². The molecule has 1 aromatic rings. The summed E-state index contributed by atoms with van der Waals surface area (Å²) in [7, 11) is 7.17. The van der Waals surface area contributed by atoms with E-state index in [-0.39, 0.29) is 23.5 Å². The van der Waals surface area contributed by atoms with Crippen LogP contribution in [-0.4, -0.2) is 79.9 Å². The predicted molar refractivity (Wildman–Crippen MR) is 159 cm³/mol. The molecular formula is C32H41N3O8. The maximum atomic E-state index is 14.5. The number of primary amides is 1. The minimum Gasteiger partial charge on any atom is -0.493 e. The number of rotatable bonds is 10. The molecule has 0 saturated carbocycles. The van der Waals surface area contributed by atoms with Crippen LogP contribution in [0.4, 0.5) is 5.69 Å². The van der Waals surface area contributed by atoms with E-state index < -0.39 is 58.3 Å². The molecule has 0 aromatic heterocycles. The average molecular weight is 596 g/mol. The number of carbonyl (C=O) groups is 4. The highest BCUT2D eigenvalue weighted by Crippen LogP contribution is 2.54. The first-order valence-electron chi connectivity index (χ1n) is 14.4. The van der Waals surface area contributed by atoms with Crippen molar-refractivity contribution in [3.8, 4) is 5.75 Å². The van der Waals surface area contributed by atoms with Crippen LogP contribution in [0.15, 0.2) is 47.1 Å². The molecule has 0 heterocycles. The number of Topliss-reactive ketones (excluding diaryl/α,β-unsaturated/α-hetero) is 2. The number of amides is 1. The Kier molecular flexibility index (Phi) is 8.90. The van der Waals surface area contributed by atoms with Gasteiger partial charge in [-0.05, 0) is 63.9 Å². The number of nitrogens with zero attached hydrogens (tertiary/aromatic N) is 2. The van der Waals surface area contributed by atoms with Gasteiger partial charge in [0.05, 0.1) is 24.0 Å². The summed E-state index contributed by atoms with van der Waals surface area (Å²) in [6, 6.07) is 2.78. The number of benzene rings is 1. The maximum absolute atomic E-state index is 14.5. The van der Waals surface area contributed by atoms with Crippen molar-refractivity contribution in [2.24, 2.45) is 17.6 Å². The van der Waals surface area contributed by atoms with Crippen LogP contribution in [0.5, 0.6) is 5.75 Å². The second-order valence-electron chi connectivity index (χ2n) is 11.9. The standard InChI is InChI=1S/C32H41N3O8/c1-9-10-13-41-22-12-11-21(34(5)6)19-14-18-15-20-26(35(7)8)28(42-16(2)3)25(31(33)39)29(38)32(20,40)30(43-17(4)36)23(18)27(37)24(19)22/h11-12,18,20,26,40H,2,9-10,13-15H2,1,3-8H3,(H2,33,39)/t18-,20-,26?,32+/m0/s1. The van der Waals surface area contributed by atoms with Gasteiger partial charge in [-0.25, -0.2) is 0 Å². The van der Waals surface area contributed by atoms with Gasteiger partial charge in [-0.3, -0.25) is 24.1 Å². The molecule has 0 radical (unpaired) electrons. The Labute approximate surface area is 251 Å². The number of unbranched alkanes of at least 4 members (excludes halogenated alkanes) is 1. The molecule has 0 spiro atoms. The lowest BCUT2D eigenvalue weighted by Crippen LogP contribution is -2.64. The summed E-state index contributed by atoms with van der Waals surface area (Å²) in [5.74, 6) is -5.02. The summed E-state index contributed by atoms with van der Waals surface area (Å²) >= 11 is 0. The lowest BCUT2D eigenvalue weighted by atomic mass is 9.58. The van der Waals surface area contributed by atoms with E-state index in [1.165, 1.54) is 0 Å². The number of esters is 1. The highest BCUT2D eigenvalue weighted by atomic mass is 16.6. The summed E-state index contributed by atoms with van der Waals surface area (Å²) in [6.45, 7) is 8.87. The first-order chi connectivity index (χ1) is 20.2. The molecule has 1 aromatic carbocycles. The van der Waals surface area contributed by atoms with Gasteiger partial charge in [-0.2, -0.15) is 0 Å². The summed E-state index contributed by atoms with van der Waals surface area (Å²) in [5, 5.41) is 12.4. The lowest BCUT2D eigenvalue weighted by Gasteiger charge is -2.51. The number of hydrogen-bond donors (Lipinski definition) is 2. The molecule has 11 nitrogen and oxygen atoms in total. The third kappa shape index (κ3) is 5.36. The molecule has 1 unspecified atom stereocenters. The molecule has 0 aliphatic heterocycles. The van der Waals surface area contributed by atoms with Gasteiger partial charge in [0.15, 0.2) is 17.1 Å². The summed E-state index contributed by atoms with van der Waals surface area (Å²) in [6.07, 6.45) is 2.16. The fraction of sp³-hybridized carbons (Fsp3) is 0.500. The minimum atomic E-state index is -2.56. The number of hydrogen-bond acceptors (Lipinski definition) is 10. The van der Waals surface area contributed by atoms with Crippen LogP contribution in [0, 0.1) is 11.8 Å². The number of allylic oxidation sites excluding steroid dienone is 2. The van der Waals surface area contributed by atoms with E-state index in [9.17, 15) is 24.3 Å². The molecular weight excluding hydrogens is 554 g/mol. The maximum Gasteiger partial charge on any atom is 0.307 e. The molecule has 11 heteroatoms. The van der Waals surface area contributed by atoms with Crippen molar-refractivity contribution < 1.29 is 38.5 Å². The Hall–Kier alpha value is -3.96. The highest BCUT2D eigenvalue weighted by molar-refractivity contribution is 6.25. The Morgan fingerprint density at radius 2 is 1.81 bits per heavy atom. The predicted octanol–water partition coefficient (Wildman–Crippen LogP) is 2.66. The molecule has 0 fully saturated rings. The Morgan fingerprint density at radius 1 is 1.14 bits per heavy atom. The van der Waals surface area contributed by atoms with Crippen molar-refractivity contribution in [1.82, 2.24) is 4.90 Å². The van der Waals surface area contributed by atoms with Crippen LogP contribution in [0.25, 0.3) is 0 Å². The third-order valence-corrected chi connectivity index (χ3v) is 8.29. The summed E-state index contributed by atoms with van der Waals surface area (Å²) in [5.41, 5.74) is 4.45. The Morgan fingerprint density at radius 3 is 2.35 bits per heavy atom. The van der Waals surface area contributed by atoms with Gasteiger partial charge < -0.3 is 30.0 Å². The second kappa shape index (κ2) is 12.0. The van der Waals surface area contributed by atoms with Gasteiger partial charge in [0.2, 0.25) is 5.78 Å². The van der Waals surface area contributed by atoms with Gasteiger partial charge in [-0.1, -0.05) is 19.9 Å². The molecule has 0 bridgehead atoms. The van der Waals surface area contributed by atoms with E-state index in [1.807, 2.05) is 32.0 Å². The van der Waals surface area contributed by atoms with Gasteiger partial charge in [-0.15, -0.1) is 0 Å². The molecule has 43 heavy (non-hydrogen) atoms. The van der Waals surface area contributed by atoms with Crippen molar-refractivity contribution in [3.63, 3.8) is 0 Å². The van der Waals surface area contributed by atoms with E-state index in [4.69, 9.17) is 19.9 Å².